The maximum atomic E-state index is 12.4. The van der Waals surface area contributed by atoms with E-state index >= 15 is 0 Å². The monoisotopic (exact) mass is 333 g/mol. The van der Waals surface area contributed by atoms with Crippen molar-refractivity contribution in [1.29, 1.82) is 0 Å². The molecule has 0 aliphatic carbocycles. The lowest BCUT2D eigenvalue weighted by molar-refractivity contribution is -0.121. The summed E-state index contributed by atoms with van der Waals surface area (Å²) in [4.78, 5) is 18.7. The Bertz CT molecular complexity index is 643. The molecule has 2 aromatic heterocycles. The molecule has 122 valence electrons. The molecule has 1 saturated heterocycles. The van der Waals surface area contributed by atoms with Crippen LogP contribution < -0.4 is 5.32 Å². The summed E-state index contributed by atoms with van der Waals surface area (Å²) >= 11 is 5.81. The quantitative estimate of drug-likeness (QED) is 0.934. The van der Waals surface area contributed by atoms with E-state index in [0.29, 0.717) is 16.9 Å². The average molecular weight is 334 g/mol. The first-order chi connectivity index (χ1) is 11.1. The van der Waals surface area contributed by atoms with Crippen molar-refractivity contribution < 1.29 is 4.79 Å². The molecule has 1 aliphatic heterocycles. The van der Waals surface area contributed by atoms with Crippen molar-refractivity contribution in [1.82, 2.24) is 19.7 Å². The lowest BCUT2D eigenvalue weighted by atomic mass is 10.0. The molecule has 1 fully saturated rings. The molecule has 0 radical (unpaired) electrons. The van der Waals surface area contributed by atoms with Gasteiger partial charge in [0.05, 0.1) is 17.1 Å². The van der Waals surface area contributed by atoms with Crippen LogP contribution in [0.15, 0.2) is 36.8 Å². The highest BCUT2D eigenvalue weighted by atomic mass is 35.5. The fourth-order valence-corrected chi connectivity index (χ4v) is 3.01. The van der Waals surface area contributed by atoms with Crippen LogP contribution in [0.2, 0.25) is 5.02 Å². The van der Waals surface area contributed by atoms with Crippen LogP contribution in [0.25, 0.3) is 0 Å². The van der Waals surface area contributed by atoms with Gasteiger partial charge in [0.15, 0.2) is 0 Å². The fourth-order valence-electron chi connectivity index (χ4n) is 2.89. The number of aromatic nitrogens is 3. The number of nitrogens with zero attached hydrogens (tertiary/aromatic N) is 4. The van der Waals surface area contributed by atoms with Gasteiger partial charge in [-0.05, 0) is 44.5 Å². The predicted octanol–water partition coefficient (Wildman–Crippen LogP) is 2.60. The van der Waals surface area contributed by atoms with Crippen LogP contribution in [-0.4, -0.2) is 44.7 Å². The van der Waals surface area contributed by atoms with E-state index in [-0.39, 0.29) is 11.9 Å². The Labute approximate surface area is 140 Å². The van der Waals surface area contributed by atoms with Crippen molar-refractivity contribution >= 4 is 23.3 Å². The van der Waals surface area contributed by atoms with Crippen molar-refractivity contribution in [3.05, 3.63) is 41.8 Å². The van der Waals surface area contributed by atoms with Gasteiger partial charge in [-0.15, -0.1) is 0 Å². The summed E-state index contributed by atoms with van der Waals surface area (Å²) in [6.45, 7) is 3.67. The van der Waals surface area contributed by atoms with Gasteiger partial charge < -0.3 is 5.32 Å². The maximum Gasteiger partial charge on any atom is 0.242 e. The molecule has 23 heavy (non-hydrogen) atoms. The number of hydrogen-bond donors (Lipinski definition) is 1. The Morgan fingerprint density at radius 3 is 3.04 bits per heavy atom. The van der Waals surface area contributed by atoms with Crippen LogP contribution in [-0.2, 0) is 4.79 Å². The molecule has 7 heteroatoms. The second kappa shape index (κ2) is 7.10. The number of hydrogen-bond acceptors (Lipinski definition) is 4. The third kappa shape index (κ3) is 3.89. The molecule has 0 bridgehead atoms. The van der Waals surface area contributed by atoms with E-state index in [1.54, 1.807) is 18.3 Å². The molecular weight excluding hydrogens is 314 g/mol. The molecule has 1 amide bonds. The van der Waals surface area contributed by atoms with Gasteiger partial charge in [0.1, 0.15) is 5.82 Å². The molecule has 0 spiro atoms. The number of anilines is 1. The SMILES string of the molecule is C[C@@H](C(=O)Nc1ccc(Cl)cn1)N1CCC[C@H](n2cccn2)C1. The molecule has 2 aromatic rings. The third-order valence-corrected chi connectivity index (χ3v) is 4.46. The van der Waals surface area contributed by atoms with Crippen LogP contribution in [0.3, 0.4) is 0 Å². The van der Waals surface area contributed by atoms with Crippen LogP contribution in [0.4, 0.5) is 5.82 Å². The van der Waals surface area contributed by atoms with Crippen LogP contribution in [0.5, 0.6) is 0 Å². The normalized spacial score (nSPS) is 20.2. The van der Waals surface area contributed by atoms with Crippen LogP contribution in [0, 0.1) is 0 Å². The highest BCUT2D eigenvalue weighted by molar-refractivity contribution is 6.30. The highest BCUT2D eigenvalue weighted by Crippen LogP contribution is 2.22. The Morgan fingerprint density at radius 2 is 2.35 bits per heavy atom. The number of rotatable bonds is 4. The number of halogens is 1. The zero-order valence-electron chi connectivity index (χ0n) is 13.0. The standard InChI is InChI=1S/C16H20ClN5O/c1-12(16(23)20-15-6-5-13(17)10-18-15)21-8-2-4-14(11-21)22-9-3-7-19-22/h3,5-7,9-10,12,14H,2,4,8,11H2,1H3,(H,18,20,23)/t12-,14-/m0/s1. The molecule has 2 atom stereocenters. The minimum atomic E-state index is -0.217. The first-order valence-corrected chi connectivity index (χ1v) is 8.17. The summed E-state index contributed by atoms with van der Waals surface area (Å²) in [6.07, 6.45) is 7.45. The van der Waals surface area contributed by atoms with Gasteiger partial charge in [-0.25, -0.2) is 4.98 Å². The molecule has 0 aromatic carbocycles. The summed E-state index contributed by atoms with van der Waals surface area (Å²) in [5.74, 6) is 0.466. The van der Waals surface area contributed by atoms with E-state index in [2.05, 4.69) is 20.3 Å². The minimum Gasteiger partial charge on any atom is -0.309 e. The Kier molecular flexibility index (Phi) is 4.93. The van der Waals surface area contributed by atoms with Crippen molar-refractivity contribution in [3.8, 4) is 0 Å². The number of carbonyl (C=O) groups excluding carboxylic acids is 1. The largest absolute Gasteiger partial charge is 0.309 e. The van der Waals surface area contributed by atoms with Crippen molar-refractivity contribution in [2.75, 3.05) is 18.4 Å². The molecule has 1 aliphatic rings. The number of piperidine rings is 1. The topological polar surface area (TPSA) is 63.1 Å². The Balaban J connectivity index is 1.61. The van der Waals surface area contributed by atoms with E-state index < -0.39 is 0 Å². The predicted molar refractivity (Wildman–Crippen MR) is 89.4 cm³/mol. The van der Waals surface area contributed by atoms with Gasteiger partial charge in [0, 0.05) is 25.1 Å². The Morgan fingerprint density at radius 1 is 1.48 bits per heavy atom. The van der Waals surface area contributed by atoms with Crippen LogP contribution in [0.1, 0.15) is 25.8 Å². The Hall–Kier alpha value is -1.92. The van der Waals surface area contributed by atoms with Gasteiger partial charge in [-0.2, -0.15) is 5.10 Å². The van der Waals surface area contributed by atoms with Gasteiger partial charge in [-0.1, -0.05) is 11.6 Å². The van der Waals surface area contributed by atoms with E-state index in [9.17, 15) is 4.79 Å². The zero-order chi connectivity index (χ0) is 16.2. The van der Waals surface area contributed by atoms with E-state index in [4.69, 9.17) is 11.6 Å². The number of carbonyl (C=O) groups is 1. The number of likely N-dealkylation sites (tertiary alicyclic amines) is 1. The molecule has 0 unspecified atom stereocenters. The zero-order valence-corrected chi connectivity index (χ0v) is 13.8. The summed E-state index contributed by atoms with van der Waals surface area (Å²) in [6, 6.07) is 5.45. The maximum absolute atomic E-state index is 12.4. The van der Waals surface area contributed by atoms with Gasteiger partial charge in [0.2, 0.25) is 5.91 Å². The average Bonchev–Trinajstić information content (AvgIpc) is 3.11. The lowest BCUT2D eigenvalue weighted by Crippen LogP contribution is -2.47. The minimum absolute atomic E-state index is 0.0547. The van der Waals surface area contributed by atoms with Gasteiger partial charge in [-0.3, -0.25) is 14.4 Å². The summed E-state index contributed by atoms with van der Waals surface area (Å²) < 4.78 is 1.98. The number of pyridine rings is 1. The second-order valence-corrected chi connectivity index (χ2v) is 6.24. The molecule has 3 rings (SSSR count). The summed E-state index contributed by atoms with van der Waals surface area (Å²) in [7, 11) is 0. The third-order valence-electron chi connectivity index (χ3n) is 4.23. The molecule has 0 saturated carbocycles. The number of nitrogens with one attached hydrogen (secondary N) is 1. The molecule has 3 heterocycles. The summed E-state index contributed by atoms with van der Waals surface area (Å²) in [5, 5.41) is 7.71. The first kappa shape index (κ1) is 16.0. The van der Waals surface area contributed by atoms with Gasteiger partial charge >= 0.3 is 0 Å². The van der Waals surface area contributed by atoms with E-state index in [0.717, 1.165) is 25.9 Å². The first-order valence-electron chi connectivity index (χ1n) is 7.79. The molecule has 6 nitrogen and oxygen atoms in total. The lowest BCUT2D eigenvalue weighted by Gasteiger charge is -2.36. The van der Waals surface area contributed by atoms with E-state index in [1.807, 2.05) is 23.9 Å². The van der Waals surface area contributed by atoms with E-state index in [1.165, 1.54) is 6.20 Å². The van der Waals surface area contributed by atoms with Gasteiger partial charge in [0.25, 0.3) is 0 Å². The van der Waals surface area contributed by atoms with Crippen molar-refractivity contribution in [2.24, 2.45) is 0 Å². The highest BCUT2D eigenvalue weighted by Gasteiger charge is 2.28. The smallest absolute Gasteiger partial charge is 0.242 e. The molecule has 1 N–H and O–H groups in total. The second-order valence-electron chi connectivity index (χ2n) is 5.80. The summed E-state index contributed by atoms with van der Waals surface area (Å²) in [5.41, 5.74) is 0. The van der Waals surface area contributed by atoms with Crippen molar-refractivity contribution in [2.45, 2.75) is 31.8 Å². The fraction of sp³-hybridized carbons (Fsp3) is 0.438. The van der Waals surface area contributed by atoms with Crippen molar-refractivity contribution in [3.63, 3.8) is 0 Å². The number of amides is 1. The van der Waals surface area contributed by atoms with Crippen LogP contribution >= 0.6 is 11.6 Å². The molecular formula is C16H20ClN5O.